The van der Waals surface area contributed by atoms with Gasteiger partial charge in [0.15, 0.2) is 5.60 Å². The molecule has 0 bridgehead atoms. The normalized spacial score (nSPS) is 11.7. The van der Waals surface area contributed by atoms with E-state index in [-0.39, 0.29) is 0 Å². The van der Waals surface area contributed by atoms with Crippen molar-refractivity contribution in [2.45, 2.75) is 32.3 Å². The van der Waals surface area contributed by atoms with Crippen LogP contribution in [0, 0.1) is 0 Å². The van der Waals surface area contributed by atoms with E-state index in [1.165, 1.54) is 33.4 Å². The van der Waals surface area contributed by atoms with Gasteiger partial charge in [-0.3, -0.25) is 9.59 Å². The van der Waals surface area contributed by atoms with Gasteiger partial charge < -0.3 is 30.1 Å². The number of carbonyl (C=O) groups is 3. The molecule has 4 rings (SSSR count). The maximum Gasteiger partial charge on any atom is 0.336 e. The molecule has 216 valence electrons. The van der Waals surface area contributed by atoms with E-state index in [1.54, 1.807) is 0 Å². The molecule has 1 aliphatic carbocycles. The van der Waals surface area contributed by atoms with Crippen molar-refractivity contribution in [3.8, 4) is 16.9 Å². The molecular weight excluding hydrogens is 526 g/mol. The fourth-order valence-electron chi connectivity index (χ4n) is 4.58. The van der Waals surface area contributed by atoms with Crippen LogP contribution in [0.1, 0.15) is 43.4 Å². The second-order valence-electron chi connectivity index (χ2n) is 9.57. The molecule has 0 radical (unpaired) electrons. The molecule has 41 heavy (non-hydrogen) atoms. The van der Waals surface area contributed by atoms with Crippen LogP contribution in [0.25, 0.3) is 22.8 Å². The highest BCUT2D eigenvalue weighted by atomic mass is 16.5. The average Bonchev–Trinajstić information content (AvgIpc) is 3.25. The average molecular weight is 562 g/mol. The Labute approximate surface area is 239 Å². The van der Waals surface area contributed by atoms with Crippen molar-refractivity contribution >= 4 is 29.6 Å². The lowest BCUT2D eigenvalue weighted by Gasteiger charge is -2.18. The third-order valence-corrected chi connectivity index (χ3v) is 6.77. The Balaban J connectivity index is 0.000000302. The molecule has 9 nitrogen and oxygen atoms in total. The monoisotopic (exact) mass is 561 g/mol. The molecule has 3 aromatic carbocycles. The van der Waals surface area contributed by atoms with E-state index in [0.29, 0.717) is 0 Å². The van der Waals surface area contributed by atoms with Crippen LogP contribution in [-0.2, 0) is 14.4 Å². The number of rotatable bonds is 12. The second-order valence-corrected chi connectivity index (χ2v) is 9.57. The summed E-state index contributed by atoms with van der Waals surface area (Å²) >= 11 is 0. The molecule has 3 aromatic rings. The lowest BCUT2D eigenvalue weighted by Crippen LogP contribution is -2.42. The van der Waals surface area contributed by atoms with Crippen LogP contribution in [0.15, 0.2) is 72.8 Å². The van der Waals surface area contributed by atoms with Crippen LogP contribution in [0.4, 0.5) is 0 Å². The topological polar surface area (TPSA) is 145 Å². The molecule has 0 aromatic heterocycles. The molecule has 0 fully saturated rings. The number of aliphatic hydroxyl groups is 1. The number of hydrogen-bond acceptors (Lipinski definition) is 6. The van der Waals surface area contributed by atoms with Crippen molar-refractivity contribution < 1.29 is 39.5 Å². The Hall–Kier alpha value is -4.47. The zero-order valence-electron chi connectivity index (χ0n) is 23.1. The van der Waals surface area contributed by atoms with Crippen LogP contribution in [0.2, 0.25) is 0 Å². The van der Waals surface area contributed by atoms with Gasteiger partial charge in [0.25, 0.3) is 0 Å². The zero-order valence-corrected chi connectivity index (χ0v) is 23.1. The van der Waals surface area contributed by atoms with Gasteiger partial charge in [-0.2, -0.15) is 0 Å². The van der Waals surface area contributed by atoms with Gasteiger partial charge >= 0.3 is 17.9 Å². The summed E-state index contributed by atoms with van der Waals surface area (Å²) in [7, 11) is 0. The number of fused-ring (bicyclic) bond motifs is 3. The molecule has 0 aliphatic heterocycles. The molecule has 0 amide bonds. The minimum Gasteiger partial charge on any atom is -0.492 e. The van der Waals surface area contributed by atoms with Crippen molar-refractivity contribution in [1.82, 2.24) is 4.90 Å². The number of ether oxygens (including phenoxy) is 1. The summed E-state index contributed by atoms with van der Waals surface area (Å²) in [6.07, 6.45) is -0.00634. The SMILES string of the molecule is CCN(CC)CCOc1ccc(C=C2c3ccccc3-c3ccccc32)cc1.O=C(O)CC(O)(CC(=O)O)C(=O)O. The fourth-order valence-corrected chi connectivity index (χ4v) is 4.58. The van der Waals surface area contributed by atoms with E-state index >= 15 is 0 Å². The summed E-state index contributed by atoms with van der Waals surface area (Å²) in [6, 6.07) is 25.7. The van der Waals surface area contributed by atoms with E-state index in [0.717, 1.165) is 32.0 Å². The van der Waals surface area contributed by atoms with Crippen molar-refractivity contribution in [3.05, 3.63) is 89.5 Å². The molecular formula is C32H35NO8. The van der Waals surface area contributed by atoms with E-state index in [9.17, 15) is 14.4 Å². The fraction of sp³-hybridized carbons (Fsp3) is 0.281. The number of carboxylic acids is 3. The highest BCUT2D eigenvalue weighted by Gasteiger charge is 2.40. The Morgan fingerprint density at radius 3 is 1.63 bits per heavy atom. The van der Waals surface area contributed by atoms with Crippen LogP contribution in [0.3, 0.4) is 0 Å². The number of carboxylic acid groups (broad SMARTS) is 3. The lowest BCUT2D eigenvalue weighted by atomic mass is 9.96. The third-order valence-electron chi connectivity index (χ3n) is 6.77. The van der Waals surface area contributed by atoms with Crippen molar-refractivity contribution in [3.63, 3.8) is 0 Å². The summed E-state index contributed by atoms with van der Waals surface area (Å²) in [5, 5.41) is 33.8. The second kappa shape index (κ2) is 14.2. The van der Waals surface area contributed by atoms with Crippen LogP contribution in [-0.4, -0.2) is 75.1 Å². The zero-order chi connectivity index (χ0) is 30.0. The number of benzene rings is 3. The maximum absolute atomic E-state index is 10.3. The molecule has 0 saturated heterocycles. The molecule has 0 saturated carbocycles. The summed E-state index contributed by atoms with van der Waals surface area (Å²) in [6.45, 7) is 8.19. The van der Waals surface area contributed by atoms with E-state index < -0.39 is 36.4 Å². The van der Waals surface area contributed by atoms with E-state index in [2.05, 4.69) is 97.6 Å². The van der Waals surface area contributed by atoms with Gasteiger partial charge in [0.1, 0.15) is 12.4 Å². The summed E-state index contributed by atoms with van der Waals surface area (Å²) in [5.41, 5.74) is 5.00. The third kappa shape index (κ3) is 8.26. The Bertz CT molecular complexity index is 1330. The van der Waals surface area contributed by atoms with Gasteiger partial charge in [0.05, 0.1) is 12.8 Å². The molecule has 9 heteroatoms. The molecule has 0 unspecified atom stereocenters. The number of aliphatic carboxylic acids is 3. The van der Waals surface area contributed by atoms with Gasteiger partial charge in [0.2, 0.25) is 0 Å². The summed E-state index contributed by atoms with van der Waals surface area (Å²) in [4.78, 5) is 32.9. The Morgan fingerprint density at radius 1 is 0.756 bits per heavy atom. The highest BCUT2D eigenvalue weighted by Crippen LogP contribution is 2.44. The minimum absolute atomic E-state index is 0.725. The van der Waals surface area contributed by atoms with Gasteiger partial charge in [-0.15, -0.1) is 0 Å². The molecule has 1 aliphatic rings. The molecule has 0 spiro atoms. The first-order valence-electron chi connectivity index (χ1n) is 13.3. The smallest absolute Gasteiger partial charge is 0.336 e. The van der Waals surface area contributed by atoms with Crippen molar-refractivity contribution in [1.29, 1.82) is 0 Å². The Kier molecular flexibility index (Phi) is 10.8. The van der Waals surface area contributed by atoms with Crippen molar-refractivity contribution in [2.75, 3.05) is 26.2 Å². The lowest BCUT2D eigenvalue weighted by molar-refractivity contribution is -0.170. The van der Waals surface area contributed by atoms with Crippen LogP contribution in [0.5, 0.6) is 5.75 Å². The van der Waals surface area contributed by atoms with Gasteiger partial charge in [-0.1, -0.05) is 74.5 Å². The predicted molar refractivity (Wildman–Crippen MR) is 156 cm³/mol. The number of nitrogens with zero attached hydrogens (tertiary/aromatic N) is 1. The molecule has 4 N–H and O–H groups in total. The van der Waals surface area contributed by atoms with E-state index in [4.69, 9.17) is 25.2 Å². The first-order valence-corrected chi connectivity index (χ1v) is 13.3. The van der Waals surface area contributed by atoms with Gasteiger partial charge in [-0.25, -0.2) is 4.79 Å². The summed E-state index contributed by atoms with van der Waals surface area (Å²) < 4.78 is 5.92. The minimum atomic E-state index is -2.74. The molecule has 0 heterocycles. The predicted octanol–water partition coefficient (Wildman–Crippen LogP) is 4.73. The number of hydrogen-bond donors (Lipinski definition) is 4. The van der Waals surface area contributed by atoms with Crippen LogP contribution < -0.4 is 4.74 Å². The molecule has 0 atom stereocenters. The maximum atomic E-state index is 10.3. The first kappa shape index (κ1) is 31.1. The highest BCUT2D eigenvalue weighted by molar-refractivity contribution is 6.06. The van der Waals surface area contributed by atoms with Gasteiger partial charge in [-0.05, 0) is 64.7 Å². The first-order chi connectivity index (χ1) is 19.6. The largest absolute Gasteiger partial charge is 0.492 e. The standard InChI is InChI=1S/C26H27NO.C6H8O7/c1-3-27(4-2)17-18-28-21-15-13-20(14-16-21)19-26-24-11-7-5-9-22(24)23-10-6-8-12-25(23)26;7-3(8)1-6(13,5(11)12)2-4(9)10/h5-16,19H,3-4,17-18H2,1-2H3;13H,1-2H2,(H,7,8)(H,9,10)(H,11,12). The van der Waals surface area contributed by atoms with Crippen molar-refractivity contribution in [2.24, 2.45) is 0 Å². The van der Waals surface area contributed by atoms with Crippen LogP contribution >= 0.6 is 0 Å². The quantitative estimate of drug-likeness (QED) is 0.193. The number of likely N-dealkylation sites (N-methyl/N-ethyl adjacent to an activating group) is 1. The van der Waals surface area contributed by atoms with E-state index in [1.807, 2.05) is 0 Å². The Morgan fingerprint density at radius 2 is 1.22 bits per heavy atom. The summed E-state index contributed by atoms with van der Waals surface area (Å²) in [5.74, 6) is -4.09. The van der Waals surface area contributed by atoms with Gasteiger partial charge in [0, 0.05) is 6.54 Å².